The van der Waals surface area contributed by atoms with E-state index in [1.807, 2.05) is 54.9 Å². The number of ether oxygens (including phenoxy) is 1. The first kappa shape index (κ1) is 18.2. The van der Waals surface area contributed by atoms with Crippen LogP contribution in [0.25, 0.3) is 17.0 Å². The molecule has 4 rings (SSSR count). The summed E-state index contributed by atoms with van der Waals surface area (Å²) in [5.41, 5.74) is 3.16. The molecule has 0 atom stereocenters. The van der Waals surface area contributed by atoms with Gasteiger partial charge >= 0.3 is 0 Å². The van der Waals surface area contributed by atoms with E-state index < -0.39 is 0 Å². The molecule has 0 aliphatic heterocycles. The fraction of sp³-hybridized carbons (Fsp3) is 0.200. The van der Waals surface area contributed by atoms with E-state index in [2.05, 4.69) is 15.2 Å². The summed E-state index contributed by atoms with van der Waals surface area (Å²) in [6.07, 6.45) is 1.80. The smallest absolute Gasteiger partial charge is 0.258 e. The number of pyridine rings is 1. The molecule has 0 saturated carbocycles. The van der Waals surface area contributed by atoms with Crippen LogP contribution >= 0.6 is 11.8 Å². The van der Waals surface area contributed by atoms with Crippen LogP contribution in [-0.4, -0.2) is 31.3 Å². The summed E-state index contributed by atoms with van der Waals surface area (Å²) in [6, 6.07) is 13.1. The van der Waals surface area contributed by atoms with Crippen molar-refractivity contribution in [3.63, 3.8) is 0 Å². The molecule has 8 heteroatoms. The zero-order chi connectivity index (χ0) is 19.7. The van der Waals surface area contributed by atoms with Crippen molar-refractivity contribution in [3.8, 4) is 17.1 Å². The molecule has 0 radical (unpaired) electrons. The predicted molar refractivity (Wildman–Crippen MR) is 109 cm³/mol. The molecule has 0 fully saturated rings. The van der Waals surface area contributed by atoms with E-state index >= 15 is 0 Å². The van der Waals surface area contributed by atoms with E-state index in [9.17, 15) is 4.79 Å². The van der Waals surface area contributed by atoms with Gasteiger partial charge in [-0.1, -0.05) is 30.0 Å². The first-order valence-electron chi connectivity index (χ1n) is 8.71. The molecule has 3 heterocycles. The van der Waals surface area contributed by atoms with Crippen LogP contribution in [0.3, 0.4) is 0 Å². The highest BCUT2D eigenvalue weighted by Crippen LogP contribution is 2.30. The van der Waals surface area contributed by atoms with Gasteiger partial charge in [-0.05, 0) is 30.7 Å². The number of para-hydroxylation sites is 1. The fourth-order valence-electron chi connectivity index (χ4n) is 2.98. The Bertz CT molecular complexity index is 1210. The van der Waals surface area contributed by atoms with Crippen LogP contribution in [0.4, 0.5) is 0 Å². The van der Waals surface area contributed by atoms with E-state index in [0.717, 1.165) is 27.9 Å². The van der Waals surface area contributed by atoms with Crippen molar-refractivity contribution in [3.05, 3.63) is 70.3 Å². The van der Waals surface area contributed by atoms with Crippen molar-refractivity contribution >= 4 is 17.4 Å². The lowest BCUT2D eigenvalue weighted by Gasteiger charge is -2.08. The molecule has 0 amide bonds. The van der Waals surface area contributed by atoms with E-state index in [0.29, 0.717) is 17.1 Å². The largest absolute Gasteiger partial charge is 0.496 e. The van der Waals surface area contributed by atoms with Gasteiger partial charge in [0.2, 0.25) is 0 Å². The Morgan fingerprint density at radius 2 is 1.96 bits per heavy atom. The van der Waals surface area contributed by atoms with E-state index in [1.165, 1.54) is 11.8 Å². The summed E-state index contributed by atoms with van der Waals surface area (Å²) < 4.78 is 8.90. The predicted octanol–water partition coefficient (Wildman–Crippen LogP) is 3.10. The second-order valence-corrected chi connectivity index (χ2v) is 7.32. The number of methoxy groups -OCH3 is 1. The Kier molecular flexibility index (Phi) is 4.87. The summed E-state index contributed by atoms with van der Waals surface area (Å²) in [5, 5.41) is 9.34. The zero-order valence-electron chi connectivity index (χ0n) is 15.8. The molecule has 0 saturated heterocycles. The van der Waals surface area contributed by atoms with Crippen LogP contribution in [0.5, 0.6) is 5.75 Å². The Morgan fingerprint density at radius 3 is 2.79 bits per heavy atom. The second kappa shape index (κ2) is 7.47. The Balaban J connectivity index is 1.60. The molecule has 0 spiro atoms. The molecule has 4 aromatic rings. The third kappa shape index (κ3) is 3.38. The van der Waals surface area contributed by atoms with Crippen LogP contribution in [0, 0.1) is 6.92 Å². The minimum absolute atomic E-state index is 0.0861. The molecule has 0 aliphatic rings. The van der Waals surface area contributed by atoms with Crippen LogP contribution < -0.4 is 10.3 Å². The third-order valence-corrected chi connectivity index (χ3v) is 5.45. The summed E-state index contributed by atoms with van der Waals surface area (Å²) in [7, 11) is 3.55. The molecule has 0 unspecified atom stereocenters. The van der Waals surface area contributed by atoms with E-state index in [4.69, 9.17) is 4.74 Å². The highest BCUT2D eigenvalue weighted by molar-refractivity contribution is 7.98. The lowest BCUT2D eigenvalue weighted by Crippen LogP contribution is -2.15. The third-order valence-electron chi connectivity index (χ3n) is 4.39. The van der Waals surface area contributed by atoms with Gasteiger partial charge in [0.15, 0.2) is 11.0 Å². The summed E-state index contributed by atoms with van der Waals surface area (Å²) >= 11 is 1.49. The molecule has 28 heavy (non-hydrogen) atoms. The lowest BCUT2D eigenvalue weighted by molar-refractivity contribution is 0.416. The van der Waals surface area contributed by atoms with Gasteiger partial charge in [0, 0.05) is 25.1 Å². The van der Waals surface area contributed by atoms with Crippen molar-refractivity contribution in [1.29, 1.82) is 0 Å². The van der Waals surface area contributed by atoms with Gasteiger partial charge in [-0.25, -0.2) is 4.98 Å². The molecule has 3 aromatic heterocycles. The van der Waals surface area contributed by atoms with Gasteiger partial charge in [0.05, 0.1) is 18.4 Å². The lowest BCUT2D eigenvalue weighted by atomic mass is 10.2. The Labute approximate surface area is 166 Å². The van der Waals surface area contributed by atoms with Crippen molar-refractivity contribution in [1.82, 2.24) is 24.1 Å². The first-order valence-corrected chi connectivity index (χ1v) is 9.70. The maximum Gasteiger partial charge on any atom is 0.258 e. The number of nitrogens with zero attached hydrogens (tertiary/aromatic N) is 5. The van der Waals surface area contributed by atoms with Crippen molar-refractivity contribution in [2.75, 3.05) is 7.11 Å². The number of hydrogen-bond donors (Lipinski definition) is 0. The van der Waals surface area contributed by atoms with E-state index in [-0.39, 0.29) is 5.56 Å². The van der Waals surface area contributed by atoms with Crippen LogP contribution in [0.1, 0.15) is 11.3 Å². The zero-order valence-corrected chi connectivity index (χ0v) is 16.6. The number of fused-ring (bicyclic) bond motifs is 1. The minimum Gasteiger partial charge on any atom is -0.496 e. The summed E-state index contributed by atoms with van der Waals surface area (Å²) in [6.45, 7) is 1.95. The molecule has 142 valence electrons. The number of benzene rings is 1. The van der Waals surface area contributed by atoms with Gasteiger partial charge in [0.1, 0.15) is 11.4 Å². The van der Waals surface area contributed by atoms with Crippen LogP contribution in [0.15, 0.2) is 58.6 Å². The normalized spacial score (nSPS) is 11.1. The molecule has 1 aromatic carbocycles. The van der Waals surface area contributed by atoms with Crippen LogP contribution in [-0.2, 0) is 12.8 Å². The van der Waals surface area contributed by atoms with Gasteiger partial charge in [-0.15, -0.1) is 10.2 Å². The molecule has 0 bridgehead atoms. The Hall–Kier alpha value is -3.13. The number of thioether (sulfide) groups is 1. The average Bonchev–Trinajstić information content (AvgIpc) is 3.07. The van der Waals surface area contributed by atoms with E-state index in [1.54, 1.807) is 23.8 Å². The van der Waals surface area contributed by atoms with Gasteiger partial charge < -0.3 is 9.30 Å². The van der Waals surface area contributed by atoms with Crippen molar-refractivity contribution in [2.45, 2.75) is 17.8 Å². The molecular weight excluding hydrogens is 374 g/mol. The fourth-order valence-corrected chi connectivity index (χ4v) is 3.78. The van der Waals surface area contributed by atoms with Crippen molar-refractivity contribution < 1.29 is 4.74 Å². The molecule has 0 N–H and O–H groups in total. The first-order chi connectivity index (χ1) is 13.6. The van der Waals surface area contributed by atoms with Crippen LogP contribution in [0.2, 0.25) is 0 Å². The summed E-state index contributed by atoms with van der Waals surface area (Å²) in [4.78, 5) is 16.9. The highest BCUT2D eigenvalue weighted by Gasteiger charge is 2.15. The minimum atomic E-state index is -0.0861. The SMILES string of the molecule is COc1ccccc1-c1nnc(SCc2cc(=O)n3cc(C)ccc3n2)n1C. The number of aryl methyl sites for hydroxylation is 1. The standard InChI is InChI=1S/C20H19N5O2S/c1-13-8-9-17-21-14(10-18(26)25(17)11-13)12-28-20-23-22-19(24(20)2)15-6-4-5-7-16(15)27-3/h4-11H,12H2,1-3H3. The molecule has 0 aliphatic carbocycles. The van der Waals surface area contributed by atoms with Gasteiger partial charge in [-0.2, -0.15) is 0 Å². The topological polar surface area (TPSA) is 74.3 Å². The van der Waals surface area contributed by atoms with Gasteiger partial charge in [-0.3, -0.25) is 9.20 Å². The average molecular weight is 393 g/mol. The number of hydrogen-bond acceptors (Lipinski definition) is 6. The molecular formula is C20H19N5O2S. The Morgan fingerprint density at radius 1 is 1.14 bits per heavy atom. The number of rotatable bonds is 5. The maximum atomic E-state index is 12.4. The highest BCUT2D eigenvalue weighted by atomic mass is 32.2. The van der Waals surface area contributed by atoms with Gasteiger partial charge in [0.25, 0.3) is 5.56 Å². The summed E-state index contributed by atoms with van der Waals surface area (Å²) in [5.74, 6) is 1.99. The quantitative estimate of drug-likeness (QED) is 0.485. The number of aromatic nitrogens is 5. The second-order valence-electron chi connectivity index (χ2n) is 6.37. The van der Waals surface area contributed by atoms with Crippen molar-refractivity contribution in [2.24, 2.45) is 7.05 Å². The monoisotopic (exact) mass is 393 g/mol. The molecule has 7 nitrogen and oxygen atoms in total. The maximum absolute atomic E-state index is 12.4.